The molecule has 4 rings (SSSR count). The maximum absolute atomic E-state index is 13.1. The minimum absolute atomic E-state index is 0.0570. The van der Waals surface area contributed by atoms with E-state index in [2.05, 4.69) is 10.4 Å². The number of hydrogen-bond acceptors (Lipinski definition) is 3. The molecule has 1 aliphatic carbocycles. The molecule has 1 amide bonds. The highest BCUT2D eigenvalue weighted by molar-refractivity contribution is 5.76. The Bertz CT molecular complexity index is 1300. The van der Waals surface area contributed by atoms with Crippen LogP contribution in [0.15, 0.2) is 47.3 Å². The zero-order valence-corrected chi connectivity index (χ0v) is 19.5. The van der Waals surface area contributed by atoms with Crippen molar-refractivity contribution >= 4 is 5.91 Å². The molecule has 1 saturated carbocycles. The van der Waals surface area contributed by atoms with Gasteiger partial charge >= 0.3 is 11.9 Å². The van der Waals surface area contributed by atoms with Gasteiger partial charge in [-0.05, 0) is 63.8 Å². The second kappa shape index (κ2) is 8.45. The lowest BCUT2D eigenvalue weighted by Gasteiger charge is -2.27. The van der Waals surface area contributed by atoms with Crippen molar-refractivity contribution in [2.75, 3.05) is 0 Å². The smallest absolute Gasteiger partial charge is 0.346 e. The number of nitrogens with one attached hydrogen (secondary N) is 1. The van der Waals surface area contributed by atoms with Crippen LogP contribution in [-0.4, -0.2) is 20.3 Å². The van der Waals surface area contributed by atoms with Gasteiger partial charge in [-0.2, -0.15) is 13.2 Å². The zero-order chi connectivity index (χ0) is 24.8. The van der Waals surface area contributed by atoms with E-state index in [0.29, 0.717) is 11.4 Å². The molecule has 0 saturated heterocycles. The second-order valence-corrected chi connectivity index (χ2v) is 9.44. The van der Waals surface area contributed by atoms with Crippen molar-refractivity contribution < 1.29 is 18.0 Å². The Labute approximate surface area is 195 Å². The fraction of sp³-hybridized carbons (Fsp3) is 0.400. The van der Waals surface area contributed by atoms with E-state index < -0.39 is 23.2 Å². The minimum Gasteiger partial charge on any atom is -0.346 e. The summed E-state index contributed by atoms with van der Waals surface area (Å²) in [4.78, 5) is 26.0. The number of aromatic nitrogens is 3. The number of halogens is 3. The van der Waals surface area contributed by atoms with Crippen LogP contribution in [0.25, 0.3) is 11.4 Å². The van der Waals surface area contributed by atoms with Gasteiger partial charge < -0.3 is 5.32 Å². The summed E-state index contributed by atoms with van der Waals surface area (Å²) in [6.45, 7) is 6.84. The summed E-state index contributed by atoms with van der Waals surface area (Å²) in [5.74, 6) is 0.00655. The molecule has 1 aliphatic rings. The SMILES string of the molecule is Cc1ccc(-c2nn(CC(=O)NC(C)(C)c3cccc(C(F)(F)F)c3)c(=O)n2C2CC2)c(C)c1. The van der Waals surface area contributed by atoms with Crippen LogP contribution in [0.1, 0.15) is 55.0 Å². The number of benzene rings is 2. The number of nitrogens with zero attached hydrogens (tertiary/aromatic N) is 3. The third kappa shape index (κ3) is 4.78. The van der Waals surface area contributed by atoms with E-state index in [0.717, 1.165) is 46.3 Å². The summed E-state index contributed by atoms with van der Waals surface area (Å²) in [6, 6.07) is 10.8. The molecular weight excluding hydrogens is 445 g/mol. The van der Waals surface area contributed by atoms with Gasteiger partial charge in [0.25, 0.3) is 0 Å². The van der Waals surface area contributed by atoms with Crippen LogP contribution in [0.2, 0.25) is 0 Å². The standard InChI is InChI=1S/C25H27F3N4O2/c1-15-8-11-20(16(2)12-15)22-30-31(23(34)32(22)19-9-10-19)14-21(33)29-24(3,4)17-6-5-7-18(13-17)25(26,27)28/h5-8,11-13,19H,9-10,14H2,1-4H3,(H,29,33). The molecular formula is C25H27F3N4O2. The lowest BCUT2D eigenvalue weighted by atomic mass is 9.92. The molecule has 0 unspecified atom stereocenters. The van der Waals surface area contributed by atoms with E-state index in [-0.39, 0.29) is 18.3 Å². The molecule has 6 nitrogen and oxygen atoms in total. The Hall–Kier alpha value is -3.36. The molecule has 0 spiro atoms. The first-order chi connectivity index (χ1) is 15.9. The van der Waals surface area contributed by atoms with Gasteiger partial charge in [-0.25, -0.2) is 9.48 Å². The molecule has 1 N–H and O–H groups in total. The third-order valence-corrected chi connectivity index (χ3v) is 6.06. The first-order valence-electron chi connectivity index (χ1n) is 11.1. The molecule has 34 heavy (non-hydrogen) atoms. The van der Waals surface area contributed by atoms with E-state index in [9.17, 15) is 22.8 Å². The molecule has 3 aromatic rings. The molecule has 1 heterocycles. The molecule has 1 aromatic heterocycles. The summed E-state index contributed by atoms with van der Waals surface area (Å²) in [7, 11) is 0. The van der Waals surface area contributed by atoms with Gasteiger partial charge in [-0.1, -0.05) is 35.9 Å². The monoisotopic (exact) mass is 472 g/mol. The van der Waals surface area contributed by atoms with Crippen LogP contribution >= 0.6 is 0 Å². The zero-order valence-electron chi connectivity index (χ0n) is 19.5. The summed E-state index contributed by atoms with van der Waals surface area (Å²) in [6.07, 6.45) is -2.74. The number of aryl methyl sites for hydroxylation is 2. The fourth-order valence-corrected chi connectivity index (χ4v) is 4.11. The summed E-state index contributed by atoms with van der Waals surface area (Å²) < 4.78 is 42.1. The molecule has 1 fully saturated rings. The van der Waals surface area contributed by atoms with Crippen molar-refractivity contribution in [3.05, 3.63) is 75.2 Å². The fourth-order valence-electron chi connectivity index (χ4n) is 4.11. The van der Waals surface area contributed by atoms with Gasteiger partial charge in [0.1, 0.15) is 6.54 Å². The Morgan fingerprint density at radius 1 is 1.09 bits per heavy atom. The molecule has 9 heteroatoms. The van der Waals surface area contributed by atoms with E-state index >= 15 is 0 Å². The van der Waals surface area contributed by atoms with Crippen LogP contribution in [-0.2, 0) is 23.1 Å². The number of carbonyl (C=O) groups excluding carboxylic acids is 1. The first-order valence-corrected chi connectivity index (χ1v) is 11.1. The van der Waals surface area contributed by atoms with E-state index in [4.69, 9.17) is 0 Å². The van der Waals surface area contributed by atoms with Gasteiger partial charge in [0.05, 0.1) is 11.1 Å². The predicted molar refractivity (Wildman–Crippen MR) is 122 cm³/mol. The van der Waals surface area contributed by atoms with Crippen LogP contribution in [0.5, 0.6) is 0 Å². The number of rotatable bonds is 6. The summed E-state index contributed by atoms with van der Waals surface area (Å²) in [5.41, 5.74) is 0.971. The highest BCUT2D eigenvalue weighted by Gasteiger charge is 2.34. The lowest BCUT2D eigenvalue weighted by molar-refractivity contribution is -0.137. The molecule has 0 aliphatic heterocycles. The van der Waals surface area contributed by atoms with E-state index in [1.807, 2.05) is 32.0 Å². The van der Waals surface area contributed by atoms with Crippen LogP contribution in [0.4, 0.5) is 13.2 Å². The van der Waals surface area contributed by atoms with Crippen LogP contribution in [0, 0.1) is 13.8 Å². The number of amides is 1. The van der Waals surface area contributed by atoms with Gasteiger partial charge in [-0.15, -0.1) is 5.10 Å². The molecule has 0 bridgehead atoms. The maximum atomic E-state index is 13.1. The Morgan fingerprint density at radius 2 is 1.76 bits per heavy atom. The molecule has 0 radical (unpaired) electrons. The largest absolute Gasteiger partial charge is 0.416 e. The Kier molecular flexibility index (Phi) is 5.91. The van der Waals surface area contributed by atoms with Crippen molar-refractivity contribution in [3.8, 4) is 11.4 Å². The van der Waals surface area contributed by atoms with Crippen molar-refractivity contribution in [3.63, 3.8) is 0 Å². The second-order valence-electron chi connectivity index (χ2n) is 9.44. The Morgan fingerprint density at radius 3 is 2.38 bits per heavy atom. The minimum atomic E-state index is -4.48. The summed E-state index contributed by atoms with van der Waals surface area (Å²) >= 11 is 0. The van der Waals surface area contributed by atoms with E-state index in [1.165, 1.54) is 12.1 Å². The summed E-state index contributed by atoms with van der Waals surface area (Å²) in [5, 5.41) is 7.22. The molecule has 180 valence electrons. The van der Waals surface area contributed by atoms with Gasteiger partial charge in [0, 0.05) is 11.6 Å². The normalized spacial score (nSPS) is 14.3. The Balaban J connectivity index is 1.60. The highest BCUT2D eigenvalue weighted by Crippen LogP contribution is 2.37. The quantitative estimate of drug-likeness (QED) is 0.564. The average Bonchev–Trinajstić information content (AvgIpc) is 3.52. The average molecular weight is 473 g/mol. The molecule has 0 atom stereocenters. The number of carbonyl (C=O) groups is 1. The topological polar surface area (TPSA) is 68.9 Å². The third-order valence-electron chi connectivity index (χ3n) is 6.06. The molecule has 2 aromatic carbocycles. The lowest BCUT2D eigenvalue weighted by Crippen LogP contribution is -2.44. The number of alkyl halides is 3. The predicted octanol–water partition coefficient (Wildman–Crippen LogP) is 4.73. The van der Waals surface area contributed by atoms with Crippen molar-refractivity contribution in [1.82, 2.24) is 19.7 Å². The van der Waals surface area contributed by atoms with Crippen molar-refractivity contribution in [1.29, 1.82) is 0 Å². The van der Waals surface area contributed by atoms with Crippen LogP contribution in [0.3, 0.4) is 0 Å². The maximum Gasteiger partial charge on any atom is 0.416 e. The van der Waals surface area contributed by atoms with Crippen molar-refractivity contribution in [2.24, 2.45) is 0 Å². The van der Waals surface area contributed by atoms with Crippen LogP contribution < -0.4 is 11.0 Å². The van der Waals surface area contributed by atoms with Gasteiger partial charge in [0.15, 0.2) is 5.82 Å². The highest BCUT2D eigenvalue weighted by atomic mass is 19.4. The van der Waals surface area contributed by atoms with Gasteiger partial charge in [-0.3, -0.25) is 9.36 Å². The van der Waals surface area contributed by atoms with Crippen molar-refractivity contribution in [2.45, 2.75) is 64.8 Å². The van der Waals surface area contributed by atoms with E-state index in [1.54, 1.807) is 18.4 Å². The first kappa shape index (κ1) is 23.8. The number of hydrogen-bond donors (Lipinski definition) is 1. The van der Waals surface area contributed by atoms with Gasteiger partial charge in [0.2, 0.25) is 5.91 Å².